The molecule has 110 valence electrons. The number of carbonyl (C=O) groups excluding carboxylic acids is 1. The van der Waals surface area contributed by atoms with Gasteiger partial charge in [-0.1, -0.05) is 18.5 Å². The summed E-state index contributed by atoms with van der Waals surface area (Å²) in [5.41, 5.74) is 0. The van der Waals surface area contributed by atoms with Crippen molar-refractivity contribution in [3.05, 3.63) is 53.4 Å². The molecule has 1 N–H and O–H groups in total. The van der Waals surface area contributed by atoms with Crippen molar-refractivity contribution < 1.29 is 13.9 Å². The lowest BCUT2D eigenvalue weighted by atomic mass is 10.2. The quantitative estimate of drug-likeness (QED) is 0.917. The van der Waals surface area contributed by atoms with Crippen molar-refractivity contribution in [2.45, 2.75) is 19.4 Å². The molecular formula is C15H14ClFN2O2. The highest BCUT2D eigenvalue weighted by atomic mass is 35.5. The number of carbonyl (C=O) groups is 1. The van der Waals surface area contributed by atoms with Crippen LogP contribution in [-0.2, 0) is 4.79 Å². The maximum Gasteiger partial charge on any atom is 0.266 e. The molecule has 21 heavy (non-hydrogen) atoms. The first kappa shape index (κ1) is 15.3. The summed E-state index contributed by atoms with van der Waals surface area (Å²) >= 11 is 5.73. The lowest BCUT2D eigenvalue weighted by Gasteiger charge is -2.17. The van der Waals surface area contributed by atoms with Crippen LogP contribution in [0.3, 0.4) is 0 Å². The topological polar surface area (TPSA) is 51.2 Å². The second kappa shape index (κ2) is 7.04. The number of aromatic nitrogens is 1. The Bertz CT molecular complexity index is 602. The minimum atomic E-state index is -0.687. The molecule has 6 heteroatoms. The summed E-state index contributed by atoms with van der Waals surface area (Å²) in [6, 6.07) is 8.75. The van der Waals surface area contributed by atoms with Gasteiger partial charge in [0.2, 0.25) is 0 Å². The van der Waals surface area contributed by atoms with Crippen molar-refractivity contribution in [1.29, 1.82) is 0 Å². The van der Waals surface area contributed by atoms with Crippen LogP contribution in [-0.4, -0.2) is 17.0 Å². The highest BCUT2D eigenvalue weighted by Crippen LogP contribution is 2.16. The molecule has 0 aliphatic heterocycles. The average Bonchev–Trinajstić information content (AvgIpc) is 2.49. The zero-order valence-electron chi connectivity index (χ0n) is 11.3. The molecule has 1 amide bonds. The largest absolute Gasteiger partial charge is 0.481 e. The number of pyridine rings is 1. The Hall–Kier alpha value is -2.14. The van der Waals surface area contributed by atoms with Gasteiger partial charge in [0.25, 0.3) is 5.91 Å². The monoisotopic (exact) mass is 308 g/mol. The van der Waals surface area contributed by atoms with Gasteiger partial charge in [-0.05, 0) is 42.8 Å². The number of rotatable bonds is 5. The molecule has 1 aromatic carbocycles. The SMILES string of the molecule is CC[C@H](Oc1ccc(F)cc1)C(=O)Nc1ccc(Cl)cn1. The summed E-state index contributed by atoms with van der Waals surface area (Å²) in [6.45, 7) is 1.82. The van der Waals surface area contributed by atoms with Gasteiger partial charge >= 0.3 is 0 Å². The van der Waals surface area contributed by atoms with Crippen LogP contribution < -0.4 is 10.1 Å². The number of nitrogens with zero attached hydrogens (tertiary/aromatic N) is 1. The number of ether oxygens (including phenoxy) is 1. The van der Waals surface area contributed by atoms with Crippen LogP contribution in [0.1, 0.15) is 13.3 Å². The van der Waals surface area contributed by atoms with Gasteiger partial charge in [-0.15, -0.1) is 0 Å². The first-order chi connectivity index (χ1) is 10.1. The molecule has 2 rings (SSSR count). The zero-order chi connectivity index (χ0) is 15.2. The first-order valence-electron chi connectivity index (χ1n) is 6.43. The highest BCUT2D eigenvalue weighted by Gasteiger charge is 2.18. The number of halogens is 2. The van der Waals surface area contributed by atoms with Crippen molar-refractivity contribution in [2.24, 2.45) is 0 Å². The fourth-order valence-corrected chi connectivity index (χ4v) is 1.77. The van der Waals surface area contributed by atoms with E-state index < -0.39 is 6.10 Å². The van der Waals surface area contributed by atoms with Crippen molar-refractivity contribution in [3.8, 4) is 5.75 Å². The van der Waals surface area contributed by atoms with E-state index in [9.17, 15) is 9.18 Å². The first-order valence-corrected chi connectivity index (χ1v) is 6.81. The Morgan fingerprint density at radius 3 is 2.62 bits per heavy atom. The smallest absolute Gasteiger partial charge is 0.266 e. The second-order valence-corrected chi connectivity index (χ2v) is 4.76. The third kappa shape index (κ3) is 4.43. The highest BCUT2D eigenvalue weighted by molar-refractivity contribution is 6.30. The lowest BCUT2D eigenvalue weighted by molar-refractivity contribution is -0.122. The third-order valence-electron chi connectivity index (χ3n) is 2.73. The summed E-state index contributed by atoms with van der Waals surface area (Å²) in [6.07, 6.45) is 1.23. The molecule has 2 aromatic rings. The number of amides is 1. The Morgan fingerprint density at radius 1 is 1.33 bits per heavy atom. The van der Waals surface area contributed by atoms with E-state index in [1.54, 1.807) is 12.1 Å². The molecule has 0 aliphatic rings. The molecule has 1 heterocycles. The van der Waals surface area contributed by atoms with Crippen molar-refractivity contribution in [3.63, 3.8) is 0 Å². The van der Waals surface area contributed by atoms with E-state index in [-0.39, 0.29) is 11.7 Å². The fraction of sp³-hybridized carbons (Fsp3) is 0.200. The van der Waals surface area contributed by atoms with E-state index >= 15 is 0 Å². The molecule has 0 fully saturated rings. The summed E-state index contributed by atoms with van der Waals surface area (Å²) in [4.78, 5) is 16.1. The number of anilines is 1. The maximum absolute atomic E-state index is 12.8. The van der Waals surface area contributed by atoms with Gasteiger partial charge in [0.15, 0.2) is 6.10 Å². The van der Waals surface area contributed by atoms with Crippen molar-refractivity contribution in [1.82, 2.24) is 4.98 Å². The molecule has 0 aliphatic carbocycles. The van der Waals surface area contributed by atoms with Crippen LogP contribution in [0.5, 0.6) is 5.75 Å². The summed E-state index contributed by atoms with van der Waals surface area (Å²) in [5.74, 6) is 0.148. The van der Waals surface area contributed by atoms with Gasteiger partial charge in [-0.25, -0.2) is 9.37 Å². The van der Waals surface area contributed by atoms with Crippen molar-refractivity contribution in [2.75, 3.05) is 5.32 Å². The Morgan fingerprint density at radius 2 is 2.05 bits per heavy atom. The summed E-state index contributed by atoms with van der Waals surface area (Å²) < 4.78 is 18.4. The summed E-state index contributed by atoms with van der Waals surface area (Å²) in [7, 11) is 0. The molecule has 0 saturated carbocycles. The Kier molecular flexibility index (Phi) is 5.11. The van der Waals surface area contributed by atoms with E-state index in [4.69, 9.17) is 16.3 Å². The molecular weight excluding hydrogens is 295 g/mol. The standard InChI is InChI=1S/C15H14ClFN2O2/c1-2-13(21-12-6-4-11(17)5-7-12)15(20)19-14-8-3-10(16)9-18-14/h3-9,13H,2H2,1H3,(H,18,19,20)/t13-/m0/s1. The normalized spacial score (nSPS) is 11.8. The van der Waals surface area contributed by atoms with E-state index in [1.165, 1.54) is 30.5 Å². The number of nitrogens with one attached hydrogen (secondary N) is 1. The van der Waals surface area contributed by atoms with Crippen LogP contribution in [0.2, 0.25) is 5.02 Å². The minimum absolute atomic E-state index is 0.323. The molecule has 0 spiro atoms. The molecule has 0 bridgehead atoms. The van der Waals surface area contributed by atoms with Crippen LogP contribution in [0.15, 0.2) is 42.6 Å². The fourth-order valence-electron chi connectivity index (χ4n) is 1.66. The molecule has 0 saturated heterocycles. The Balaban J connectivity index is 2.01. The maximum atomic E-state index is 12.8. The van der Waals surface area contributed by atoms with E-state index in [0.717, 1.165) is 0 Å². The minimum Gasteiger partial charge on any atom is -0.481 e. The van der Waals surface area contributed by atoms with Crippen molar-refractivity contribution >= 4 is 23.3 Å². The average molecular weight is 309 g/mol. The molecule has 0 unspecified atom stereocenters. The van der Waals surface area contributed by atoms with Gasteiger partial charge in [0.05, 0.1) is 5.02 Å². The van der Waals surface area contributed by atoms with Gasteiger partial charge in [0, 0.05) is 6.20 Å². The van der Waals surface area contributed by atoms with Gasteiger partial charge in [-0.2, -0.15) is 0 Å². The van der Waals surface area contributed by atoms with Gasteiger partial charge < -0.3 is 10.1 Å². The van der Waals surface area contributed by atoms with Crippen LogP contribution >= 0.6 is 11.6 Å². The molecule has 0 radical (unpaired) electrons. The van der Waals surface area contributed by atoms with Crippen LogP contribution in [0, 0.1) is 5.82 Å². The molecule has 1 aromatic heterocycles. The van der Waals surface area contributed by atoms with E-state index in [2.05, 4.69) is 10.3 Å². The zero-order valence-corrected chi connectivity index (χ0v) is 12.1. The lowest BCUT2D eigenvalue weighted by Crippen LogP contribution is -2.32. The van der Waals surface area contributed by atoms with Crippen LogP contribution in [0.25, 0.3) is 0 Å². The number of hydrogen-bond acceptors (Lipinski definition) is 3. The van der Waals surface area contributed by atoms with E-state index in [1.807, 2.05) is 6.92 Å². The van der Waals surface area contributed by atoms with E-state index in [0.29, 0.717) is 23.0 Å². The number of benzene rings is 1. The predicted molar refractivity (Wildman–Crippen MR) is 79.0 cm³/mol. The van der Waals surface area contributed by atoms with Crippen LogP contribution in [0.4, 0.5) is 10.2 Å². The predicted octanol–water partition coefficient (Wildman–Crippen LogP) is 3.67. The van der Waals surface area contributed by atoms with Gasteiger partial charge in [-0.3, -0.25) is 4.79 Å². The molecule has 4 nitrogen and oxygen atoms in total. The number of hydrogen-bond donors (Lipinski definition) is 1. The Labute approximate surface area is 126 Å². The molecule has 1 atom stereocenters. The third-order valence-corrected chi connectivity index (χ3v) is 2.96. The van der Waals surface area contributed by atoms with Gasteiger partial charge in [0.1, 0.15) is 17.4 Å². The second-order valence-electron chi connectivity index (χ2n) is 4.32. The summed E-state index contributed by atoms with van der Waals surface area (Å²) in [5, 5.41) is 3.13.